The Bertz CT molecular complexity index is 938. The SMILES string of the molecule is CCOc1cc(C(=O)NCCC(c2ccccc2)c2ccccc2)cc(OCC)c1OCC. The summed E-state index contributed by atoms with van der Waals surface area (Å²) in [5.41, 5.74) is 2.95. The molecule has 0 radical (unpaired) electrons. The van der Waals surface area contributed by atoms with Crippen molar-refractivity contribution in [3.05, 3.63) is 89.5 Å². The van der Waals surface area contributed by atoms with Crippen molar-refractivity contribution in [1.82, 2.24) is 5.32 Å². The van der Waals surface area contributed by atoms with Crippen LogP contribution >= 0.6 is 0 Å². The summed E-state index contributed by atoms with van der Waals surface area (Å²) in [4.78, 5) is 13.0. The minimum absolute atomic E-state index is 0.167. The Morgan fingerprint density at radius 1 is 0.758 bits per heavy atom. The van der Waals surface area contributed by atoms with Crippen molar-refractivity contribution in [3.63, 3.8) is 0 Å². The fourth-order valence-corrected chi connectivity index (χ4v) is 3.85. The van der Waals surface area contributed by atoms with Gasteiger partial charge in [0.05, 0.1) is 19.8 Å². The van der Waals surface area contributed by atoms with Gasteiger partial charge in [-0.05, 0) is 50.5 Å². The number of amides is 1. The molecule has 0 fully saturated rings. The quantitative estimate of drug-likeness (QED) is 0.379. The van der Waals surface area contributed by atoms with Crippen LogP contribution in [0.4, 0.5) is 0 Å². The van der Waals surface area contributed by atoms with E-state index in [-0.39, 0.29) is 11.8 Å². The van der Waals surface area contributed by atoms with Gasteiger partial charge < -0.3 is 19.5 Å². The first-order chi connectivity index (χ1) is 16.2. The number of carbonyl (C=O) groups is 1. The van der Waals surface area contributed by atoms with Crippen LogP contribution in [0.5, 0.6) is 17.2 Å². The van der Waals surface area contributed by atoms with Gasteiger partial charge >= 0.3 is 0 Å². The molecule has 0 aliphatic rings. The minimum Gasteiger partial charge on any atom is -0.490 e. The standard InChI is InChI=1S/C28H33NO4/c1-4-31-25-19-23(20-26(32-5-2)27(25)33-6-3)28(30)29-18-17-24(21-13-9-7-10-14-21)22-15-11-8-12-16-22/h7-16,19-20,24H,4-6,17-18H2,1-3H3,(H,29,30). The number of hydrogen-bond donors (Lipinski definition) is 1. The molecule has 174 valence electrons. The zero-order chi connectivity index (χ0) is 23.5. The van der Waals surface area contributed by atoms with E-state index in [1.165, 1.54) is 11.1 Å². The lowest BCUT2D eigenvalue weighted by atomic mass is 9.88. The first-order valence-electron chi connectivity index (χ1n) is 11.6. The van der Waals surface area contributed by atoms with Crippen LogP contribution < -0.4 is 19.5 Å². The Hall–Kier alpha value is -3.47. The van der Waals surface area contributed by atoms with E-state index in [0.29, 0.717) is 49.2 Å². The maximum atomic E-state index is 13.0. The van der Waals surface area contributed by atoms with E-state index in [1.54, 1.807) is 12.1 Å². The summed E-state index contributed by atoms with van der Waals surface area (Å²) in [7, 11) is 0. The minimum atomic E-state index is -0.167. The second-order valence-corrected chi connectivity index (χ2v) is 7.52. The van der Waals surface area contributed by atoms with E-state index >= 15 is 0 Å². The van der Waals surface area contributed by atoms with Crippen molar-refractivity contribution < 1.29 is 19.0 Å². The maximum Gasteiger partial charge on any atom is 0.251 e. The Morgan fingerprint density at radius 2 is 1.24 bits per heavy atom. The highest BCUT2D eigenvalue weighted by molar-refractivity contribution is 5.95. The molecule has 3 rings (SSSR count). The van der Waals surface area contributed by atoms with Crippen LogP contribution in [-0.4, -0.2) is 32.3 Å². The smallest absolute Gasteiger partial charge is 0.251 e. The second-order valence-electron chi connectivity index (χ2n) is 7.52. The van der Waals surface area contributed by atoms with Gasteiger partial charge in [-0.2, -0.15) is 0 Å². The summed E-state index contributed by atoms with van der Waals surface area (Å²) < 4.78 is 17.2. The average Bonchev–Trinajstić information content (AvgIpc) is 2.85. The molecule has 33 heavy (non-hydrogen) atoms. The first kappa shape index (κ1) is 24.2. The Kier molecular flexibility index (Phi) is 9.19. The molecule has 0 saturated heterocycles. The summed E-state index contributed by atoms with van der Waals surface area (Å²) in [5.74, 6) is 1.60. The monoisotopic (exact) mass is 447 g/mol. The lowest BCUT2D eigenvalue weighted by Gasteiger charge is -2.19. The number of carbonyl (C=O) groups excluding carboxylic acids is 1. The predicted molar refractivity (Wildman–Crippen MR) is 132 cm³/mol. The lowest BCUT2D eigenvalue weighted by molar-refractivity contribution is 0.0951. The third-order valence-corrected chi connectivity index (χ3v) is 5.29. The van der Waals surface area contributed by atoms with Crippen LogP contribution in [0, 0.1) is 0 Å². The zero-order valence-electron chi connectivity index (χ0n) is 19.7. The third-order valence-electron chi connectivity index (χ3n) is 5.29. The van der Waals surface area contributed by atoms with Gasteiger partial charge in [0.15, 0.2) is 11.5 Å². The van der Waals surface area contributed by atoms with Gasteiger partial charge in [-0.15, -0.1) is 0 Å². The molecule has 1 N–H and O–H groups in total. The molecule has 3 aromatic rings. The van der Waals surface area contributed by atoms with E-state index in [1.807, 2.05) is 57.2 Å². The van der Waals surface area contributed by atoms with E-state index in [2.05, 4.69) is 29.6 Å². The Labute approximate surface area is 196 Å². The second kappa shape index (κ2) is 12.5. The van der Waals surface area contributed by atoms with Crippen LogP contribution in [0.25, 0.3) is 0 Å². The molecule has 1 amide bonds. The van der Waals surface area contributed by atoms with Crippen LogP contribution in [0.15, 0.2) is 72.8 Å². The van der Waals surface area contributed by atoms with Crippen molar-refractivity contribution in [2.75, 3.05) is 26.4 Å². The molecular weight excluding hydrogens is 414 g/mol. The molecule has 0 aliphatic heterocycles. The summed E-state index contributed by atoms with van der Waals surface area (Å²) in [6.07, 6.45) is 0.785. The van der Waals surface area contributed by atoms with Gasteiger partial charge in [0.25, 0.3) is 5.91 Å². The van der Waals surface area contributed by atoms with Crippen molar-refractivity contribution in [2.45, 2.75) is 33.1 Å². The fraction of sp³-hybridized carbons (Fsp3) is 0.321. The van der Waals surface area contributed by atoms with E-state index in [4.69, 9.17) is 14.2 Å². The van der Waals surface area contributed by atoms with Crippen LogP contribution in [0.2, 0.25) is 0 Å². The number of ether oxygens (including phenoxy) is 3. The molecule has 5 heteroatoms. The summed E-state index contributed by atoms with van der Waals surface area (Å²) in [6, 6.07) is 24.2. The van der Waals surface area contributed by atoms with Gasteiger partial charge in [-0.25, -0.2) is 0 Å². The molecule has 0 atom stereocenters. The molecule has 0 bridgehead atoms. The zero-order valence-corrected chi connectivity index (χ0v) is 19.7. The number of nitrogens with one attached hydrogen (secondary N) is 1. The highest BCUT2D eigenvalue weighted by Gasteiger charge is 2.19. The topological polar surface area (TPSA) is 56.8 Å². The molecule has 5 nitrogen and oxygen atoms in total. The van der Waals surface area contributed by atoms with Gasteiger partial charge in [-0.3, -0.25) is 4.79 Å². The van der Waals surface area contributed by atoms with Crippen LogP contribution in [0.3, 0.4) is 0 Å². The highest BCUT2D eigenvalue weighted by Crippen LogP contribution is 2.39. The normalized spacial score (nSPS) is 10.7. The van der Waals surface area contributed by atoms with E-state index in [9.17, 15) is 4.79 Å². The number of rotatable bonds is 12. The molecule has 0 spiro atoms. The van der Waals surface area contributed by atoms with Gasteiger partial charge in [0.1, 0.15) is 0 Å². The number of hydrogen-bond acceptors (Lipinski definition) is 4. The summed E-state index contributed by atoms with van der Waals surface area (Å²) in [5, 5.41) is 3.07. The van der Waals surface area contributed by atoms with Gasteiger partial charge in [-0.1, -0.05) is 60.7 Å². The molecule has 0 aliphatic carbocycles. The molecule has 0 unspecified atom stereocenters. The Balaban J connectivity index is 1.76. The van der Waals surface area contributed by atoms with Gasteiger partial charge in [0.2, 0.25) is 5.75 Å². The Morgan fingerprint density at radius 3 is 1.70 bits per heavy atom. The lowest BCUT2D eigenvalue weighted by Crippen LogP contribution is -2.26. The predicted octanol–water partition coefficient (Wildman–Crippen LogP) is 5.83. The van der Waals surface area contributed by atoms with E-state index in [0.717, 1.165) is 6.42 Å². The summed E-state index contributed by atoms with van der Waals surface area (Å²) in [6.45, 7) is 7.65. The van der Waals surface area contributed by atoms with Crippen molar-refractivity contribution >= 4 is 5.91 Å². The van der Waals surface area contributed by atoms with Crippen molar-refractivity contribution in [1.29, 1.82) is 0 Å². The third kappa shape index (κ3) is 6.51. The largest absolute Gasteiger partial charge is 0.490 e. The fourth-order valence-electron chi connectivity index (χ4n) is 3.85. The van der Waals surface area contributed by atoms with E-state index < -0.39 is 0 Å². The van der Waals surface area contributed by atoms with Crippen molar-refractivity contribution in [3.8, 4) is 17.2 Å². The molecule has 0 aromatic heterocycles. The molecule has 0 saturated carbocycles. The average molecular weight is 448 g/mol. The van der Waals surface area contributed by atoms with Gasteiger partial charge in [0, 0.05) is 18.0 Å². The van der Waals surface area contributed by atoms with Crippen molar-refractivity contribution in [2.24, 2.45) is 0 Å². The highest BCUT2D eigenvalue weighted by atomic mass is 16.5. The van der Waals surface area contributed by atoms with Crippen LogP contribution in [0.1, 0.15) is 54.6 Å². The molecule has 0 heterocycles. The molecule has 3 aromatic carbocycles. The van der Waals surface area contributed by atoms with Crippen LogP contribution in [-0.2, 0) is 0 Å². The maximum absolute atomic E-state index is 13.0. The summed E-state index contributed by atoms with van der Waals surface area (Å²) >= 11 is 0. The first-order valence-corrected chi connectivity index (χ1v) is 11.6. The molecular formula is C28H33NO4. The number of benzene rings is 3.